The number of anilines is 1. The van der Waals surface area contributed by atoms with E-state index in [0.29, 0.717) is 5.82 Å². The topological polar surface area (TPSA) is 114 Å². The van der Waals surface area contributed by atoms with Crippen LogP contribution in [0.25, 0.3) is 0 Å². The van der Waals surface area contributed by atoms with Gasteiger partial charge in [-0.1, -0.05) is 32.4 Å². The molecule has 0 spiro atoms. The second-order valence-electron chi connectivity index (χ2n) is 9.28. The molecule has 1 aliphatic carbocycles. The van der Waals surface area contributed by atoms with Crippen molar-refractivity contribution in [1.29, 1.82) is 0 Å². The van der Waals surface area contributed by atoms with Gasteiger partial charge in [-0.15, -0.1) is 0 Å². The van der Waals surface area contributed by atoms with Crippen molar-refractivity contribution in [2.24, 2.45) is 5.41 Å². The summed E-state index contributed by atoms with van der Waals surface area (Å²) >= 11 is 11.9. The van der Waals surface area contributed by atoms with Gasteiger partial charge in [0.2, 0.25) is 11.2 Å². The molecule has 10 nitrogen and oxygen atoms in total. The summed E-state index contributed by atoms with van der Waals surface area (Å²) < 4.78 is 10.4. The van der Waals surface area contributed by atoms with Gasteiger partial charge in [0.15, 0.2) is 0 Å². The fraction of sp³-hybridized carbons (Fsp3) is 0.667. The Kier molecular flexibility index (Phi) is 7.89. The van der Waals surface area contributed by atoms with E-state index in [9.17, 15) is 14.4 Å². The Labute approximate surface area is 202 Å². The SMILES string of the molecule is COC(=O)[C@@H]1CN(c2cc(Cl)nc(Cl)n2)CN1C(=O)[C@@H](NC(=O)OC1CCCC1)C(C)(C)C. The van der Waals surface area contributed by atoms with E-state index in [1.54, 1.807) is 4.90 Å². The first-order valence-corrected chi connectivity index (χ1v) is 11.6. The van der Waals surface area contributed by atoms with Gasteiger partial charge in [0, 0.05) is 6.07 Å². The zero-order valence-electron chi connectivity index (χ0n) is 19.1. The molecule has 1 aliphatic heterocycles. The van der Waals surface area contributed by atoms with Crippen molar-refractivity contribution < 1.29 is 23.9 Å². The molecule has 2 amide bonds. The average molecular weight is 502 g/mol. The highest BCUT2D eigenvalue weighted by Gasteiger charge is 2.45. The average Bonchev–Trinajstić information content (AvgIpc) is 3.39. The van der Waals surface area contributed by atoms with Crippen LogP contribution in [0, 0.1) is 5.41 Å². The molecule has 0 aromatic carbocycles. The molecule has 2 aliphatic rings. The number of methoxy groups -OCH3 is 1. The van der Waals surface area contributed by atoms with Crippen LogP contribution in [0.2, 0.25) is 10.4 Å². The summed E-state index contributed by atoms with van der Waals surface area (Å²) in [4.78, 5) is 49.7. The summed E-state index contributed by atoms with van der Waals surface area (Å²) in [6.07, 6.45) is 2.88. The standard InChI is InChI=1S/C21H29Cl2N5O5/c1-21(2,3)16(26-20(31)33-12-7-5-6-8-12)17(29)28-11-27(10-13(28)18(30)32-4)15-9-14(22)24-19(23)25-15/h9,12-13,16H,5-8,10-11H2,1-4H3,(H,26,31)/t13-,16+/m0/s1. The van der Waals surface area contributed by atoms with Crippen molar-refractivity contribution in [3.05, 3.63) is 16.5 Å². The first kappa shape index (κ1) is 25.3. The van der Waals surface area contributed by atoms with Crippen molar-refractivity contribution in [2.45, 2.75) is 64.6 Å². The largest absolute Gasteiger partial charge is 0.467 e. The number of rotatable bonds is 5. The van der Waals surface area contributed by atoms with Gasteiger partial charge in [-0.05, 0) is 42.7 Å². The number of hydrogen-bond donors (Lipinski definition) is 1. The van der Waals surface area contributed by atoms with E-state index in [0.717, 1.165) is 25.7 Å². The molecule has 1 aromatic rings. The normalized spacial score (nSPS) is 20.0. The number of carbonyl (C=O) groups is 3. The quantitative estimate of drug-likeness (QED) is 0.372. The second-order valence-corrected chi connectivity index (χ2v) is 10.0. The minimum atomic E-state index is -0.934. The third-order valence-electron chi connectivity index (χ3n) is 5.78. The molecule has 2 fully saturated rings. The molecule has 0 radical (unpaired) electrons. The van der Waals surface area contributed by atoms with Crippen LogP contribution in [0.4, 0.5) is 10.6 Å². The summed E-state index contributed by atoms with van der Waals surface area (Å²) in [5.74, 6) is -0.654. The Morgan fingerprint density at radius 2 is 1.85 bits per heavy atom. The highest BCUT2D eigenvalue weighted by molar-refractivity contribution is 6.32. The molecule has 2 atom stereocenters. The van der Waals surface area contributed by atoms with Gasteiger partial charge in [0.05, 0.1) is 20.3 Å². The predicted molar refractivity (Wildman–Crippen MR) is 122 cm³/mol. The zero-order chi connectivity index (χ0) is 24.3. The van der Waals surface area contributed by atoms with Gasteiger partial charge in [0.25, 0.3) is 0 Å². The molecule has 1 N–H and O–H groups in total. The van der Waals surface area contributed by atoms with E-state index in [2.05, 4.69) is 15.3 Å². The summed E-state index contributed by atoms with van der Waals surface area (Å²) in [5, 5.41) is 2.80. The number of nitrogens with zero attached hydrogens (tertiary/aromatic N) is 4. The van der Waals surface area contributed by atoms with Crippen LogP contribution in [0.3, 0.4) is 0 Å². The zero-order valence-corrected chi connectivity index (χ0v) is 20.6. The number of alkyl carbamates (subject to hydrolysis) is 1. The van der Waals surface area contributed by atoms with E-state index < -0.39 is 35.5 Å². The van der Waals surface area contributed by atoms with E-state index in [1.807, 2.05) is 20.8 Å². The van der Waals surface area contributed by atoms with Crippen molar-refractivity contribution in [3.8, 4) is 0 Å². The Hall–Kier alpha value is -2.33. The Morgan fingerprint density at radius 1 is 1.18 bits per heavy atom. The molecular formula is C21H29Cl2N5O5. The van der Waals surface area contributed by atoms with E-state index >= 15 is 0 Å². The lowest BCUT2D eigenvalue weighted by Gasteiger charge is -2.34. The monoisotopic (exact) mass is 501 g/mol. The lowest BCUT2D eigenvalue weighted by Crippen LogP contribution is -2.57. The fourth-order valence-corrected chi connectivity index (χ4v) is 4.44. The van der Waals surface area contributed by atoms with Crippen LogP contribution in [0.5, 0.6) is 0 Å². The van der Waals surface area contributed by atoms with E-state index in [4.69, 9.17) is 32.7 Å². The summed E-state index contributed by atoms with van der Waals surface area (Å²) in [6.45, 7) is 5.63. The maximum Gasteiger partial charge on any atom is 0.408 e. The third kappa shape index (κ3) is 6.17. The number of halogens is 2. The van der Waals surface area contributed by atoms with Crippen molar-refractivity contribution in [2.75, 3.05) is 25.2 Å². The lowest BCUT2D eigenvalue weighted by atomic mass is 9.85. The molecule has 3 rings (SSSR count). The first-order chi connectivity index (χ1) is 15.5. The van der Waals surface area contributed by atoms with Crippen LogP contribution >= 0.6 is 23.2 Å². The van der Waals surface area contributed by atoms with Gasteiger partial charge in [0.1, 0.15) is 29.2 Å². The Bertz CT molecular complexity index is 883. The Balaban J connectivity index is 1.82. The van der Waals surface area contributed by atoms with Gasteiger partial charge in [-0.25, -0.2) is 19.6 Å². The molecule has 2 heterocycles. The van der Waals surface area contributed by atoms with Crippen molar-refractivity contribution in [1.82, 2.24) is 20.2 Å². The number of esters is 1. The maximum atomic E-state index is 13.6. The molecule has 0 bridgehead atoms. The summed E-state index contributed by atoms with van der Waals surface area (Å²) in [7, 11) is 1.25. The molecule has 0 unspecified atom stereocenters. The number of amides is 2. The minimum Gasteiger partial charge on any atom is -0.467 e. The molecule has 1 saturated carbocycles. The van der Waals surface area contributed by atoms with E-state index in [-0.39, 0.29) is 29.8 Å². The predicted octanol–water partition coefficient (Wildman–Crippen LogP) is 3.01. The maximum absolute atomic E-state index is 13.6. The minimum absolute atomic E-state index is 0.0220. The van der Waals surface area contributed by atoms with Gasteiger partial charge in [-0.3, -0.25) is 4.79 Å². The molecular weight excluding hydrogens is 473 g/mol. The van der Waals surface area contributed by atoms with Crippen LogP contribution in [-0.2, 0) is 19.1 Å². The van der Waals surface area contributed by atoms with Gasteiger partial charge in [-0.2, -0.15) is 0 Å². The van der Waals surface area contributed by atoms with Gasteiger partial charge >= 0.3 is 12.1 Å². The molecule has 33 heavy (non-hydrogen) atoms. The van der Waals surface area contributed by atoms with Crippen molar-refractivity contribution >= 4 is 47.0 Å². The molecule has 1 aromatic heterocycles. The first-order valence-electron chi connectivity index (χ1n) is 10.8. The fourth-order valence-electron chi connectivity index (χ4n) is 4.04. The number of aromatic nitrogens is 2. The number of ether oxygens (including phenoxy) is 2. The van der Waals surface area contributed by atoms with Crippen molar-refractivity contribution in [3.63, 3.8) is 0 Å². The van der Waals surface area contributed by atoms with Crippen LogP contribution in [0.1, 0.15) is 46.5 Å². The highest BCUT2D eigenvalue weighted by atomic mass is 35.5. The summed E-state index contributed by atoms with van der Waals surface area (Å²) in [6, 6.07) is -0.350. The number of nitrogens with one attached hydrogen (secondary N) is 1. The van der Waals surface area contributed by atoms with Crippen LogP contribution < -0.4 is 10.2 Å². The Morgan fingerprint density at radius 3 is 2.42 bits per heavy atom. The van der Waals surface area contributed by atoms with Crippen LogP contribution in [0.15, 0.2) is 6.07 Å². The van der Waals surface area contributed by atoms with E-state index in [1.165, 1.54) is 18.1 Å². The molecule has 1 saturated heterocycles. The molecule has 12 heteroatoms. The van der Waals surface area contributed by atoms with Gasteiger partial charge < -0.3 is 24.6 Å². The number of hydrogen-bond acceptors (Lipinski definition) is 8. The van der Waals surface area contributed by atoms with Crippen LogP contribution in [-0.4, -0.2) is 71.3 Å². The summed E-state index contributed by atoms with van der Waals surface area (Å²) in [5.41, 5.74) is -0.651. The smallest absolute Gasteiger partial charge is 0.408 e. The molecule has 182 valence electrons. The third-order valence-corrected chi connectivity index (χ3v) is 6.14. The second kappa shape index (κ2) is 10.3. The number of carbonyl (C=O) groups excluding carboxylic acids is 3. The lowest BCUT2D eigenvalue weighted by molar-refractivity contribution is -0.152. The highest BCUT2D eigenvalue weighted by Crippen LogP contribution is 2.28.